The van der Waals surface area contributed by atoms with Crippen molar-refractivity contribution in [2.24, 2.45) is 4.40 Å². The maximum atomic E-state index is 11.9. The molecule has 20 heavy (non-hydrogen) atoms. The van der Waals surface area contributed by atoms with Gasteiger partial charge in [0.25, 0.3) is 0 Å². The molecule has 4 nitrogen and oxygen atoms in total. The summed E-state index contributed by atoms with van der Waals surface area (Å²) in [5, 5.41) is 0. The van der Waals surface area contributed by atoms with Crippen molar-refractivity contribution in [2.45, 2.75) is 38.0 Å². The van der Waals surface area contributed by atoms with Gasteiger partial charge in [0, 0.05) is 12.0 Å². The third-order valence-electron chi connectivity index (χ3n) is 2.87. The lowest BCUT2D eigenvalue weighted by atomic mass is 10.2. The van der Waals surface area contributed by atoms with Gasteiger partial charge in [-0.3, -0.25) is 0 Å². The highest BCUT2D eigenvalue weighted by Gasteiger charge is 2.25. The molecule has 1 saturated heterocycles. The van der Waals surface area contributed by atoms with Gasteiger partial charge in [-0.1, -0.05) is 16.5 Å². The van der Waals surface area contributed by atoms with E-state index in [0.717, 1.165) is 24.3 Å². The summed E-state index contributed by atoms with van der Waals surface area (Å²) in [6.07, 6.45) is 2.69. The molecule has 0 aromatic heterocycles. The summed E-state index contributed by atoms with van der Waals surface area (Å²) in [5.41, 5.74) is 0.888. The molecule has 110 valence electrons. The van der Waals surface area contributed by atoms with Crippen molar-refractivity contribution in [3.8, 4) is 5.75 Å². The molecule has 1 aliphatic rings. The van der Waals surface area contributed by atoms with Gasteiger partial charge in [0.05, 0.1) is 19.4 Å². The second-order valence-corrected chi connectivity index (χ2v) is 7.71. The van der Waals surface area contributed by atoms with Gasteiger partial charge >= 0.3 is 0 Å². The Kier molecular flexibility index (Phi) is 5.07. The summed E-state index contributed by atoms with van der Waals surface area (Å²) in [4.78, 5) is 0. The van der Waals surface area contributed by atoms with Gasteiger partial charge in [-0.25, -0.2) is 0 Å². The van der Waals surface area contributed by atoms with Crippen LogP contribution in [-0.2, 0) is 16.1 Å². The Labute approximate surface area is 123 Å². The lowest BCUT2D eigenvalue weighted by molar-refractivity contribution is 0.141. The summed E-state index contributed by atoms with van der Waals surface area (Å²) >= 11 is -1.24. The molecule has 2 unspecified atom stereocenters. The fourth-order valence-electron chi connectivity index (χ4n) is 1.73. The summed E-state index contributed by atoms with van der Waals surface area (Å²) in [6, 6.07) is 7.64. The number of nitrogens with zero attached hydrogens (tertiary/aromatic N) is 1. The number of hydrogen-bond donors (Lipinski definition) is 0. The Balaban J connectivity index is 2.00. The molecule has 1 aliphatic heterocycles. The second kappa shape index (κ2) is 6.61. The minimum Gasteiger partial charge on any atom is -0.591 e. The highest BCUT2D eigenvalue weighted by molar-refractivity contribution is 7.91. The van der Waals surface area contributed by atoms with Crippen molar-refractivity contribution in [1.82, 2.24) is 0 Å². The van der Waals surface area contributed by atoms with E-state index in [1.807, 2.05) is 45.0 Å². The molecule has 0 spiro atoms. The smallest absolute Gasteiger partial charge is 0.144 e. The molecule has 0 amide bonds. The fourth-order valence-corrected chi connectivity index (χ4v) is 2.27. The topological polar surface area (TPSA) is 53.9 Å². The van der Waals surface area contributed by atoms with E-state index in [-0.39, 0.29) is 10.9 Å². The van der Waals surface area contributed by atoms with Gasteiger partial charge in [-0.15, -0.1) is 0 Å². The Bertz CT molecular complexity index is 464. The largest absolute Gasteiger partial charge is 0.591 e. The van der Waals surface area contributed by atoms with E-state index in [4.69, 9.17) is 9.47 Å². The van der Waals surface area contributed by atoms with Crippen LogP contribution >= 0.6 is 0 Å². The minimum absolute atomic E-state index is 0.130. The minimum atomic E-state index is -1.24. The monoisotopic (exact) mass is 295 g/mol. The van der Waals surface area contributed by atoms with Crippen LogP contribution in [0.3, 0.4) is 0 Å². The van der Waals surface area contributed by atoms with Crippen molar-refractivity contribution in [3.63, 3.8) is 0 Å². The molecule has 0 aliphatic carbocycles. The van der Waals surface area contributed by atoms with E-state index in [2.05, 4.69) is 4.40 Å². The number of hydrogen-bond acceptors (Lipinski definition) is 4. The predicted octanol–water partition coefficient (Wildman–Crippen LogP) is 2.74. The first-order valence-electron chi connectivity index (χ1n) is 6.76. The summed E-state index contributed by atoms with van der Waals surface area (Å²) in [7, 11) is 0. The van der Waals surface area contributed by atoms with Gasteiger partial charge in [-0.05, 0) is 32.9 Å². The lowest BCUT2D eigenvalue weighted by Gasteiger charge is -2.17. The molecular formula is C15H21NO3S. The molecule has 1 heterocycles. The summed E-state index contributed by atoms with van der Waals surface area (Å²) < 4.78 is 26.7. The first kappa shape index (κ1) is 15.4. The fraction of sp³-hybridized carbons (Fsp3) is 0.533. The van der Waals surface area contributed by atoms with Crippen LogP contribution in [0.4, 0.5) is 0 Å². The van der Waals surface area contributed by atoms with Crippen LogP contribution in [0, 0.1) is 0 Å². The van der Waals surface area contributed by atoms with E-state index in [9.17, 15) is 4.55 Å². The highest BCUT2D eigenvalue weighted by atomic mass is 32.2. The maximum absolute atomic E-state index is 11.9. The zero-order valence-corrected chi connectivity index (χ0v) is 13.0. The third-order valence-corrected chi connectivity index (χ3v) is 4.21. The second-order valence-electron chi connectivity index (χ2n) is 5.77. The van der Waals surface area contributed by atoms with Gasteiger partial charge < -0.3 is 14.0 Å². The van der Waals surface area contributed by atoms with E-state index in [1.165, 1.54) is 0 Å². The Morgan fingerprint density at radius 1 is 1.45 bits per heavy atom. The van der Waals surface area contributed by atoms with Crippen LogP contribution in [-0.4, -0.2) is 34.8 Å². The van der Waals surface area contributed by atoms with Crippen LogP contribution in [0.5, 0.6) is 5.75 Å². The number of rotatable bonds is 4. The van der Waals surface area contributed by atoms with Crippen molar-refractivity contribution in [1.29, 1.82) is 0 Å². The van der Waals surface area contributed by atoms with Gasteiger partial charge in [0.2, 0.25) is 0 Å². The Morgan fingerprint density at radius 2 is 2.25 bits per heavy atom. The van der Waals surface area contributed by atoms with Crippen LogP contribution in [0.1, 0.15) is 32.8 Å². The van der Waals surface area contributed by atoms with Crippen molar-refractivity contribution in [3.05, 3.63) is 29.8 Å². The molecule has 1 aromatic carbocycles. The Hall–Kier alpha value is -1.04. The van der Waals surface area contributed by atoms with E-state index < -0.39 is 11.4 Å². The van der Waals surface area contributed by atoms with Crippen LogP contribution in [0.2, 0.25) is 0 Å². The normalized spacial score (nSPS) is 21.3. The summed E-state index contributed by atoms with van der Waals surface area (Å²) in [6.45, 7) is 7.11. The van der Waals surface area contributed by atoms with Crippen molar-refractivity contribution in [2.75, 3.05) is 13.2 Å². The molecular weight excluding hydrogens is 274 g/mol. The predicted molar refractivity (Wildman–Crippen MR) is 81.8 cm³/mol. The Morgan fingerprint density at radius 3 is 2.90 bits per heavy atom. The zero-order chi connectivity index (χ0) is 14.6. The molecule has 5 heteroatoms. The van der Waals surface area contributed by atoms with Crippen molar-refractivity contribution < 1.29 is 14.0 Å². The van der Waals surface area contributed by atoms with E-state index in [0.29, 0.717) is 6.61 Å². The lowest BCUT2D eigenvalue weighted by Crippen LogP contribution is -2.25. The SMILES string of the molecule is CC(C)(C)[S+]([O-])N=Cc1cccc(OC2CCOC2)c1. The molecule has 1 aromatic rings. The molecule has 0 saturated carbocycles. The van der Waals surface area contributed by atoms with Crippen molar-refractivity contribution >= 4 is 17.6 Å². The number of ether oxygens (including phenoxy) is 2. The first-order chi connectivity index (χ1) is 9.45. The molecule has 0 radical (unpaired) electrons. The number of benzene rings is 1. The average Bonchev–Trinajstić information content (AvgIpc) is 2.88. The average molecular weight is 295 g/mol. The zero-order valence-electron chi connectivity index (χ0n) is 12.2. The molecule has 2 atom stereocenters. The van der Waals surface area contributed by atoms with E-state index >= 15 is 0 Å². The molecule has 2 rings (SSSR count). The quantitative estimate of drug-likeness (QED) is 0.634. The van der Waals surface area contributed by atoms with E-state index in [1.54, 1.807) is 6.21 Å². The maximum Gasteiger partial charge on any atom is 0.144 e. The van der Waals surface area contributed by atoms with Crippen LogP contribution in [0.25, 0.3) is 0 Å². The van der Waals surface area contributed by atoms with Crippen LogP contribution < -0.4 is 4.74 Å². The van der Waals surface area contributed by atoms with Crippen LogP contribution in [0.15, 0.2) is 28.7 Å². The van der Waals surface area contributed by atoms with Gasteiger partial charge in [-0.2, -0.15) is 0 Å². The molecule has 1 fully saturated rings. The first-order valence-corrected chi connectivity index (χ1v) is 7.86. The standard InChI is InChI=1S/C15H21NO3S/c1-15(2,3)20(17)16-10-12-5-4-6-13(9-12)19-14-7-8-18-11-14/h4-6,9-10,14H,7-8,11H2,1-3H3. The van der Waals surface area contributed by atoms with Gasteiger partial charge in [0.15, 0.2) is 0 Å². The molecule has 0 N–H and O–H groups in total. The summed E-state index contributed by atoms with van der Waals surface area (Å²) in [5.74, 6) is 0.797. The van der Waals surface area contributed by atoms with Gasteiger partial charge in [0.1, 0.15) is 28.0 Å². The third kappa shape index (κ3) is 4.51. The molecule has 0 bridgehead atoms. The highest BCUT2D eigenvalue weighted by Crippen LogP contribution is 2.19.